The van der Waals surface area contributed by atoms with Crippen LogP contribution in [-0.4, -0.2) is 29.3 Å². The molecule has 2 aromatic carbocycles. The molecule has 6 nitrogen and oxygen atoms in total. The first-order chi connectivity index (χ1) is 12.1. The Kier molecular flexibility index (Phi) is 5.04. The van der Waals surface area contributed by atoms with Crippen LogP contribution in [0, 0.1) is 5.41 Å². The highest BCUT2D eigenvalue weighted by molar-refractivity contribution is 8.16. The minimum Gasteiger partial charge on any atom is -0.497 e. The van der Waals surface area contributed by atoms with E-state index in [4.69, 9.17) is 10.1 Å². The number of amides is 2. The van der Waals surface area contributed by atoms with Crippen LogP contribution in [0.2, 0.25) is 0 Å². The number of nitrogens with zero attached hydrogens (tertiary/aromatic N) is 1. The summed E-state index contributed by atoms with van der Waals surface area (Å²) in [7, 11) is 1.57. The summed E-state index contributed by atoms with van der Waals surface area (Å²) >= 11 is 1.10. The van der Waals surface area contributed by atoms with Crippen LogP contribution in [-0.2, 0) is 9.59 Å². The predicted molar refractivity (Wildman–Crippen MR) is 99.3 cm³/mol. The number of rotatable bonds is 5. The number of para-hydroxylation sites is 1. The van der Waals surface area contributed by atoms with Crippen molar-refractivity contribution in [3.8, 4) is 5.75 Å². The molecule has 1 unspecified atom stereocenters. The molecule has 0 bridgehead atoms. The third kappa shape index (κ3) is 3.83. The summed E-state index contributed by atoms with van der Waals surface area (Å²) in [6.45, 7) is 0. The van der Waals surface area contributed by atoms with Crippen molar-refractivity contribution in [3.05, 3.63) is 54.6 Å². The molecule has 0 aliphatic carbocycles. The zero-order valence-corrected chi connectivity index (χ0v) is 14.4. The first kappa shape index (κ1) is 17.0. The third-order valence-electron chi connectivity index (χ3n) is 3.71. The van der Waals surface area contributed by atoms with E-state index in [1.54, 1.807) is 43.5 Å². The van der Waals surface area contributed by atoms with Crippen LogP contribution in [0.25, 0.3) is 0 Å². The molecule has 25 heavy (non-hydrogen) atoms. The fourth-order valence-corrected chi connectivity index (χ4v) is 3.50. The number of carbonyl (C=O) groups excluding carboxylic acids is 2. The maximum absolute atomic E-state index is 12.6. The summed E-state index contributed by atoms with van der Waals surface area (Å²) in [6, 6.07) is 16.0. The van der Waals surface area contributed by atoms with E-state index in [9.17, 15) is 9.59 Å². The van der Waals surface area contributed by atoms with Gasteiger partial charge in [0.2, 0.25) is 11.8 Å². The monoisotopic (exact) mass is 355 g/mol. The summed E-state index contributed by atoms with van der Waals surface area (Å²) in [4.78, 5) is 26.1. The lowest BCUT2D eigenvalue weighted by Gasteiger charge is -2.15. The number of thioether (sulfide) groups is 1. The molecule has 3 rings (SSSR count). The summed E-state index contributed by atoms with van der Waals surface area (Å²) < 4.78 is 5.07. The van der Waals surface area contributed by atoms with Crippen LogP contribution in [0.4, 0.5) is 11.4 Å². The van der Waals surface area contributed by atoms with E-state index in [1.165, 1.54) is 4.90 Å². The standard InChI is InChI=1S/C18H17N3O3S/c1-24-14-9-7-12(8-10-14)20-16(22)11-15-17(23)21(18(19)25-15)13-5-3-2-4-6-13/h2-10,15,19H,11H2,1H3,(H,20,22). The number of anilines is 2. The van der Waals surface area contributed by atoms with Crippen molar-refractivity contribution in [3.63, 3.8) is 0 Å². The van der Waals surface area contributed by atoms with E-state index < -0.39 is 5.25 Å². The van der Waals surface area contributed by atoms with E-state index in [1.807, 2.05) is 18.2 Å². The first-order valence-electron chi connectivity index (χ1n) is 7.66. The molecule has 0 spiro atoms. The quantitative estimate of drug-likeness (QED) is 0.863. The third-order valence-corrected chi connectivity index (χ3v) is 4.77. The van der Waals surface area contributed by atoms with Gasteiger partial charge in [-0.15, -0.1) is 0 Å². The first-order valence-corrected chi connectivity index (χ1v) is 8.54. The van der Waals surface area contributed by atoms with Crippen molar-refractivity contribution in [2.24, 2.45) is 0 Å². The van der Waals surface area contributed by atoms with E-state index in [0.29, 0.717) is 17.1 Å². The highest BCUT2D eigenvalue weighted by atomic mass is 32.2. The minimum atomic E-state index is -0.592. The highest BCUT2D eigenvalue weighted by Crippen LogP contribution is 2.32. The summed E-state index contributed by atoms with van der Waals surface area (Å²) in [5.41, 5.74) is 1.28. The number of ether oxygens (including phenoxy) is 1. The molecule has 1 aliphatic rings. The van der Waals surface area contributed by atoms with Gasteiger partial charge in [0.15, 0.2) is 5.17 Å². The molecule has 0 aromatic heterocycles. The van der Waals surface area contributed by atoms with Crippen LogP contribution >= 0.6 is 11.8 Å². The van der Waals surface area contributed by atoms with E-state index >= 15 is 0 Å². The molecule has 1 heterocycles. The topological polar surface area (TPSA) is 82.5 Å². The van der Waals surface area contributed by atoms with Crippen LogP contribution < -0.4 is 15.0 Å². The van der Waals surface area contributed by atoms with Crippen molar-refractivity contribution < 1.29 is 14.3 Å². The van der Waals surface area contributed by atoms with E-state index in [0.717, 1.165) is 11.8 Å². The van der Waals surface area contributed by atoms with Gasteiger partial charge in [0.05, 0.1) is 12.8 Å². The fraction of sp³-hybridized carbons (Fsp3) is 0.167. The Morgan fingerprint density at radius 3 is 2.52 bits per heavy atom. The van der Waals surface area contributed by atoms with Gasteiger partial charge in [-0.1, -0.05) is 30.0 Å². The maximum Gasteiger partial charge on any atom is 0.247 e. The number of hydrogen-bond donors (Lipinski definition) is 2. The van der Waals surface area contributed by atoms with Crippen molar-refractivity contribution in [2.75, 3.05) is 17.3 Å². The second-order valence-corrected chi connectivity index (χ2v) is 6.59. The van der Waals surface area contributed by atoms with Gasteiger partial charge in [-0.3, -0.25) is 19.9 Å². The molecule has 1 aliphatic heterocycles. The van der Waals surface area contributed by atoms with Gasteiger partial charge in [-0.25, -0.2) is 0 Å². The molecule has 2 amide bonds. The number of hydrogen-bond acceptors (Lipinski definition) is 5. The number of methoxy groups -OCH3 is 1. The number of amidine groups is 1. The molecule has 0 radical (unpaired) electrons. The zero-order chi connectivity index (χ0) is 17.8. The van der Waals surface area contributed by atoms with Gasteiger partial charge in [-0.2, -0.15) is 0 Å². The van der Waals surface area contributed by atoms with Crippen LogP contribution in [0.1, 0.15) is 6.42 Å². The van der Waals surface area contributed by atoms with E-state index in [-0.39, 0.29) is 23.4 Å². The second-order valence-electron chi connectivity index (χ2n) is 5.40. The Morgan fingerprint density at radius 1 is 1.20 bits per heavy atom. The molecule has 2 N–H and O–H groups in total. The van der Waals surface area contributed by atoms with Gasteiger partial charge in [0, 0.05) is 12.1 Å². The highest BCUT2D eigenvalue weighted by Gasteiger charge is 2.39. The molecule has 128 valence electrons. The lowest BCUT2D eigenvalue weighted by molar-refractivity contribution is -0.121. The smallest absolute Gasteiger partial charge is 0.247 e. The Balaban J connectivity index is 1.63. The number of nitrogens with one attached hydrogen (secondary N) is 2. The van der Waals surface area contributed by atoms with Crippen molar-refractivity contribution >= 4 is 40.1 Å². The van der Waals surface area contributed by atoms with Crippen molar-refractivity contribution in [1.29, 1.82) is 5.41 Å². The zero-order valence-electron chi connectivity index (χ0n) is 13.6. The van der Waals surface area contributed by atoms with Gasteiger partial charge < -0.3 is 10.1 Å². The molecular formula is C18H17N3O3S. The SMILES string of the molecule is COc1ccc(NC(=O)CC2SC(=N)N(c3ccccc3)C2=O)cc1. The Morgan fingerprint density at radius 2 is 1.88 bits per heavy atom. The number of carbonyl (C=O) groups is 2. The Bertz CT molecular complexity index is 793. The maximum atomic E-state index is 12.6. The average molecular weight is 355 g/mol. The van der Waals surface area contributed by atoms with Crippen LogP contribution in [0.3, 0.4) is 0 Å². The Hall–Kier alpha value is -2.80. The largest absolute Gasteiger partial charge is 0.497 e. The molecule has 7 heteroatoms. The Labute approximate surface area is 149 Å². The lowest BCUT2D eigenvalue weighted by Crippen LogP contribution is -2.33. The van der Waals surface area contributed by atoms with E-state index in [2.05, 4.69) is 5.32 Å². The predicted octanol–water partition coefficient (Wildman–Crippen LogP) is 3.11. The normalized spacial score (nSPS) is 16.8. The minimum absolute atomic E-state index is 0.0151. The van der Waals surface area contributed by atoms with Crippen LogP contribution in [0.15, 0.2) is 54.6 Å². The molecule has 1 saturated heterocycles. The summed E-state index contributed by atoms with van der Waals surface area (Å²) in [6.07, 6.45) is 0.0151. The summed E-state index contributed by atoms with van der Waals surface area (Å²) in [5.74, 6) is 0.191. The molecule has 1 fully saturated rings. The number of benzene rings is 2. The van der Waals surface area contributed by atoms with Gasteiger partial charge >= 0.3 is 0 Å². The van der Waals surface area contributed by atoms with Crippen molar-refractivity contribution in [1.82, 2.24) is 0 Å². The van der Waals surface area contributed by atoms with Gasteiger partial charge in [-0.05, 0) is 36.4 Å². The molecule has 1 atom stereocenters. The molecule has 2 aromatic rings. The molecule has 0 saturated carbocycles. The molecular weight excluding hydrogens is 338 g/mol. The fourth-order valence-electron chi connectivity index (χ4n) is 2.49. The average Bonchev–Trinajstić information content (AvgIpc) is 2.89. The van der Waals surface area contributed by atoms with Crippen molar-refractivity contribution in [2.45, 2.75) is 11.7 Å². The lowest BCUT2D eigenvalue weighted by atomic mass is 10.2. The second kappa shape index (κ2) is 7.40. The van der Waals surface area contributed by atoms with Gasteiger partial charge in [0.25, 0.3) is 0 Å². The van der Waals surface area contributed by atoms with Crippen LogP contribution in [0.5, 0.6) is 5.75 Å². The van der Waals surface area contributed by atoms with Gasteiger partial charge in [0.1, 0.15) is 11.0 Å². The summed E-state index contributed by atoms with van der Waals surface area (Å²) in [5, 5.41) is 10.3.